The Morgan fingerprint density at radius 1 is 1.11 bits per heavy atom. The molecule has 0 atom stereocenters. The number of carboxylic acids is 1. The highest BCUT2D eigenvalue weighted by Gasteiger charge is 2.19. The van der Waals surface area contributed by atoms with Crippen LogP contribution >= 0.6 is 0 Å². The van der Waals surface area contributed by atoms with Gasteiger partial charge in [-0.1, -0.05) is 63.8 Å². The summed E-state index contributed by atoms with van der Waals surface area (Å²) >= 11 is 0. The molecule has 0 spiro atoms. The number of carboxylic acid groups (broad SMARTS) is 1. The Bertz CT molecular complexity index is 1040. The topological polar surface area (TPSA) is 78.9 Å². The lowest BCUT2D eigenvalue weighted by molar-refractivity contribution is -0.132. The first-order chi connectivity index (χ1) is 16.9. The van der Waals surface area contributed by atoms with Gasteiger partial charge in [0.1, 0.15) is 5.75 Å². The lowest BCUT2D eigenvalue weighted by Gasteiger charge is -2.26. The van der Waals surface area contributed by atoms with Gasteiger partial charge in [0.05, 0.1) is 6.61 Å². The second-order valence-corrected chi connectivity index (χ2v) is 9.18. The van der Waals surface area contributed by atoms with E-state index in [1.807, 2.05) is 49.4 Å². The summed E-state index contributed by atoms with van der Waals surface area (Å²) in [4.78, 5) is 26.0. The lowest BCUT2D eigenvalue weighted by Crippen LogP contribution is -2.43. The molecule has 2 amide bonds. The van der Waals surface area contributed by atoms with Crippen molar-refractivity contribution in [3.8, 4) is 16.9 Å². The van der Waals surface area contributed by atoms with Crippen LogP contribution in [-0.2, 0) is 4.79 Å². The summed E-state index contributed by atoms with van der Waals surface area (Å²) in [7, 11) is 1.79. The number of benzene rings is 2. The fourth-order valence-corrected chi connectivity index (χ4v) is 4.35. The van der Waals surface area contributed by atoms with E-state index in [9.17, 15) is 14.7 Å². The molecule has 1 saturated carbocycles. The average Bonchev–Trinajstić information content (AvgIpc) is 2.87. The Morgan fingerprint density at radius 2 is 1.89 bits per heavy atom. The van der Waals surface area contributed by atoms with E-state index in [4.69, 9.17) is 4.74 Å². The predicted octanol–water partition coefficient (Wildman–Crippen LogP) is 6.89. The number of nitrogens with one attached hydrogen (secondary N) is 1. The number of unbranched alkanes of at least 4 members (excludes halogenated alkanes) is 1. The van der Waals surface area contributed by atoms with Gasteiger partial charge in [-0.25, -0.2) is 9.59 Å². The number of carbonyl (C=O) groups is 2. The summed E-state index contributed by atoms with van der Waals surface area (Å²) in [5.74, 6) is -0.202. The van der Waals surface area contributed by atoms with Crippen LogP contribution in [0.4, 0.5) is 10.5 Å². The third-order valence-electron chi connectivity index (χ3n) is 6.54. The molecule has 0 saturated heterocycles. The van der Waals surface area contributed by atoms with Crippen molar-refractivity contribution >= 4 is 23.8 Å². The quantitative estimate of drug-likeness (QED) is 0.288. The van der Waals surface area contributed by atoms with Gasteiger partial charge < -0.3 is 15.2 Å². The van der Waals surface area contributed by atoms with Gasteiger partial charge in [0.25, 0.3) is 0 Å². The maximum atomic E-state index is 12.9. The van der Waals surface area contributed by atoms with E-state index >= 15 is 0 Å². The fourth-order valence-electron chi connectivity index (χ4n) is 4.35. The Morgan fingerprint density at radius 3 is 2.57 bits per heavy atom. The van der Waals surface area contributed by atoms with Crippen molar-refractivity contribution in [2.24, 2.45) is 0 Å². The number of hydrogen-bond acceptors (Lipinski definition) is 3. The van der Waals surface area contributed by atoms with Crippen molar-refractivity contribution in [1.82, 2.24) is 5.32 Å². The van der Waals surface area contributed by atoms with Crippen LogP contribution in [0.2, 0.25) is 0 Å². The maximum absolute atomic E-state index is 12.9. The molecule has 1 aliphatic rings. The van der Waals surface area contributed by atoms with Gasteiger partial charge in [0.2, 0.25) is 0 Å². The molecule has 1 fully saturated rings. The number of aliphatic carboxylic acids is 1. The monoisotopic (exact) mass is 478 g/mol. The van der Waals surface area contributed by atoms with Gasteiger partial charge >= 0.3 is 12.0 Å². The molecule has 0 heterocycles. The number of rotatable bonds is 10. The third kappa shape index (κ3) is 7.35. The molecule has 188 valence electrons. The molecule has 3 rings (SSSR count). The molecule has 0 aliphatic heterocycles. The normalized spacial score (nSPS) is 14.4. The second kappa shape index (κ2) is 13.0. The average molecular weight is 479 g/mol. The van der Waals surface area contributed by atoms with E-state index in [-0.39, 0.29) is 12.1 Å². The minimum absolute atomic E-state index is 0.0882. The second-order valence-electron chi connectivity index (χ2n) is 9.18. The number of ether oxygens (including phenoxy) is 1. The van der Waals surface area contributed by atoms with Gasteiger partial charge in [-0.05, 0) is 61.1 Å². The third-order valence-corrected chi connectivity index (χ3v) is 6.54. The molecule has 0 unspecified atom stereocenters. The molecular weight excluding hydrogens is 440 g/mol. The lowest BCUT2D eigenvalue weighted by atomic mass is 9.96. The van der Waals surface area contributed by atoms with E-state index in [1.54, 1.807) is 18.0 Å². The van der Waals surface area contributed by atoms with Crippen molar-refractivity contribution in [3.05, 3.63) is 53.6 Å². The van der Waals surface area contributed by atoms with Gasteiger partial charge in [-0.3, -0.25) is 4.90 Å². The van der Waals surface area contributed by atoms with Crippen molar-refractivity contribution < 1.29 is 19.4 Å². The largest absolute Gasteiger partial charge is 0.493 e. The molecule has 1 aliphatic carbocycles. The van der Waals surface area contributed by atoms with Crippen LogP contribution in [-0.4, -0.2) is 36.8 Å². The van der Waals surface area contributed by atoms with E-state index in [2.05, 4.69) is 12.2 Å². The smallest absolute Gasteiger partial charge is 0.331 e. The minimum atomic E-state index is -0.910. The molecule has 2 N–H and O–H groups in total. The minimum Gasteiger partial charge on any atom is -0.493 e. The van der Waals surface area contributed by atoms with Crippen molar-refractivity contribution in [2.75, 3.05) is 18.6 Å². The zero-order valence-electron chi connectivity index (χ0n) is 21.2. The van der Waals surface area contributed by atoms with E-state index < -0.39 is 5.97 Å². The first kappa shape index (κ1) is 26.3. The van der Waals surface area contributed by atoms with Gasteiger partial charge in [0.15, 0.2) is 0 Å². The summed E-state index contributed by atoms with van der Waals surface area (Å²) in [6.45, 7) is 4.53. The Hall–Kier alpha value is -3.28. The van der Waals surface area contributed by atoms with Crippen LogP contribution in [0.3, 0.4) is 0 Å². The number of hydrogen-bond donors (Lipinski definition) is 2. The molecule has 0 bridgehead atoms. The Kier molecular flexibility index (Phi) is 9.76. The van der Waals surface area contributed by atoms with Gasteiger partial charge in [-0.2, -0.15) is 0 Å². The van der Waals surface area contributed by atoms with Crippen molar-refractivity contribution in [2.45, 2.75) is 71.3 Å². The highest BCUT2D eigenvalue weighted by molar-refractivity contribution is 5.93. The van der Waals surface area contributed by atoms with E-state index in [1.165, 1.54) is 19.3 Å². The maximum Gasteiger partial charge on any atom is 0.331 e. The molecule has 2 aromatic carbocycles. The highest BCUT2D eigenvalue weighted by Crippen LogP contribution is 2.34. The SMILES string of the molecule is CCCCOc1cc(/C=C(/CC)C(=O)O)ccc1-c1cccc(N(C)C(=O)NC2CCCCC2)c1. The van der Waals surface area contributed by atoms with E-state index in [0.717, 1.165) is 48.1 Å². The standard InChI is InChI=1S/C29H38N2O4/c1-4-6-17-35-27-19-21(18-22(5-2)28(32)33)15-16-26(27)23-11-10-14-25(20-23)31(3)29(34)30-24-12-8-7-9-13-24/h10-11,14-16,18-20,24H,4-9,12-13,17H2,1-3H3,(H,30,34)(H,32,33)/b22-18-. The zero-order chi connectivity index (χ0) is 25.2. The molecular formula is C29H38N2O4. The molecule has 6 nitrogen and oxygen atoms in total. The van der Waals surface area contributed by atoms with Crippen molar-refractivity contribution in [1.29, 1.82) is 0 Å². The summed E-state index contributed by atoms with van der Waals surface area (Å²) in [6, 6.07) is 13.8. The first-order valence-corrected chi connectivity index (χ1v) is 12.8. The Labute approximate surface area is 209 Å². The number of anilines is 1. The van der Waals surface area contributed by atoms with Crippen LogP contribution in [0.25, 0.3) is 17.2 Å². The Balaban J connectivity index is 1.87. The van der Waals surface area contributed by atoms with Crippen LogP contribution in [0.1, 0.15) is 70.8 Å². The summed E-state index contributed by atoms with van der Waals surface area (Å²) in [5, 5.41) is 12.6. The number of urea groups is 1. The molecule has 0 radical (unpaired) electrons. The highest BCUT2D eigenvalue weighted by atomic mass is 16.5. The zero-order valence-corrected chi connectivity index (χ0v) is 21.2. The van der Waals surface area contributed by atoms with Gasteiger partial charge in [-0.15, -0.1) is 0 Å². The summed E-state index contributed by atoms with van der Waals surface area (Å²) in [6.07, 6.45) is 9.76. The van der Waals surface area contributed by atoms with Crippen LogP contribution in [0.5, 0.6) is 5.75 Å². The first-order valence-electron chi connectivity index (χ1n) is 12.8. The molecule has 2 aromatic rings. The van der Waals surface area contributed by atoms with Crippen LogP contribution in [0, 0.1) is 0 Å². The molecule has 0 aromatic heterocycles. The van der Waals surface area contributed by atoms with Crippen LogP contribution < -0.4 is 15.0 Å². The van der Waals surface area contributed by atoms with Crippen LogP contribution in [0.15, 0.2) is 48.0 Å². The number of nitrogens with zero attached hydrogens (tertiary/aromatic N) is 1. The van der Waals surface area contributed by atoms with Gasteiger partial charge in [0, 0.05) is 29.9 Å². The number of amides is 2. The van der Waals surface area contributed by atoms with Crippen molar-refractivity contribution in [3.63, 3.8) is 0 Å². The predicted molar refractivity (Wildman–Crippen MR) is 142 cm³/mol. The van der Waals surface area contributed by atoms with E-state index in [0.29, 0.717) is 24.4 Å². The molecule has 35 heavy (non-hydrogen) atoms. The fraction of sp³-hybridized carbons (Fsp3) is 0.448. The number of carbonyl (C=O) groups excluding carboxylic acids is 1. The summed E-state index contributed by atoms with van der Waals surface area (Å²) < 4.78 is 6.13. The summed E-state index contributed by atoms with van der Waals surface area (Å²) in [5.41, 5.74) is 3.80. The molecule has 6 heteroatoms.